The van der Waals surface area contributed by atoms with Crippen molar-refractivity contribution in [3.8, 4) is 11.3 Å². The number of rotatable bonds is 3. The number of pyridine rings is 2. The zero-order chi connectivity index (χ0) is 16.2. The van der Waals surface area contributed by atoms with Gasteiger partial charge in [0.15, 0.2) is 5.82 Å². The third kappa shape index (κ3) is 3.30. The summed E-state index contributed by atoms with van der Waals surface area (Å²) in [4.78, 5) is 12.7. The lowest BCUT2D eigenvalue weighted by Crippen LogP contribution is -2.15. The van der Waals surface area contributed by atoms with Gasteiger partial charge in [0.1, 0.15) is 5.84 Å². The summed E-state index contributed by atoms with van der Waals surface area (Å²) >= 11 is 6.20. The lowest BCUT2D eigenvalue weighted by Gasteiger charge is -2.09. The molecular formula is C17H14ClN5. The summed E-state index contributed by atoms with van der Waals surface area (Å²) in [6, 6.07) is 14.4. The molecule has 2 heterocycles. The molecule has 0 saturated heterocycles. The molecule has 0 bridgehead atoms. The normalized spacial score (nSPS) is 11.4. The summed E-state index contributed by atoms with van der Waals surface area (Å²) < 4.78 is 0. The Hall–Kier alpha value is -2.92. The summed E-state index contributed by atoms with van der Waals surface area (Å²) in [6.45, 7) is 0. The summed E-state index contributed by atoms with van der Waals surface area (Å²) in [5.74, 6) is 0.806. The van der Waals surface area contributed by atoms with Crippen LogP contribution in [0.1, 0.15) is 5.56 Å². The summed E-state index contributed by atoms with van der Waals surface area (Å²) in [7, 11) is 0. The topological polar surface area (TPSA) is 90.2 Å². The van der Waals surface area contributed by atoms with Crippen molar-refractivity contribution in [1.29, 1.82) is 0 Å². The molecule has 5 nitrogen and oxygen atoms in total. The van der Waals surface area contributed by atoms with Gasteiger partial charge in [-0.05, 0) is 36.4 Å². The first-order valence-corrected chi connectivity index (χ1v) is 7.29. The molecule has 4 N–H and O–H groups in total. The van der Waals surface area contributed by atoms with E-state index >= 15 is 0 Å². The number of nitrogen functional groups attached to an aromatic ring is 1. The minimum Gasteiger partial charge on any atom is -0.398 e. The van der Waals surface area contributed by atoms with Crippen molar-refractivity contribution in [2.75, 3.05) is 5.73 Å². The van der Waals surface area contributed by atoms with E-state index in [1.165, 1.54) is 0 Å². The fourth-order valence-electron chi connectivity index (χ4n) is 2.13. The second-order valence-electron chi connectivity index (χ2n) is 4.82. The Balaban J connectivity index is 2.05. The van der Waals surface area contributed by atoms with Gasteiger partial charge >= 0.3 is 0 Å². The maximum atomic E-state index is 6.20. The zero-order valence-electron chi connectivity index (χ0n) is 12.1. The van der Waals surface area contributed by atoms with Crippen LogP contribution in [0.5, 0.6) is 0 Å². The number of benzene rings is 1. The van der Waals surface area contributed by atoms with Crippen molar-refractivity contribution in [2.45, 2.75) is 0 Å². The molecule has 23 heavy (non-hydrogen) atoms. The van der Waals surface area contributed by atoms with Crippen LogP contribution < -0.4 is 11.5 Å². The van der Waals surface area contributed by atoms with Gasteiger partial charge in [-0.25, -0.2) is 9.98 Å². The number of hydrogen-bond donors (Lipinski definition) is 2. The molecule has 0 aliphatic rings. The Morgan fingerprint density at radius 1 is 1.00 bits per heavy atom. The minimum atomic E-state index is 0.287. The first-order valence-electron chi connectivity index (χ1n) is 6.91. The Kier molecular flexibility index (Phi) is 4.21. The lowest BCUT2D eigenvalue weighted by atomic mass is 10.0. The average Bonchev–Trinajstić information content (AvgIpc) is 2.57. The van der Waals surface area contributed by atoms with Crippen LogP contribution >= 0.6 is 11.6 Å². The van der Waals surface area contributed by atoms with E-state index in [0.717, 1.165) is 5.56 Å². The van der Waals surface area contributed by atoms with Gasteiger partial charge in [-0.3, -0.25) is 4.98 Å². The van der Waals surface area contributed by atoms with Crippen molar-refractivity contribution >= 4 is 28.9 Å². The molecule has 0 aliphatic carbocycles. The van der Waals surface area contributed by atoms with Gasteiger partial charge in [-0.2, -0.15) is 0 Å². The van der Waals surface area contributed by atoms with Crippen molar-refractivity contribution in [1.82, 2.24) is 9.97 Å². The Morgan fingerprint density at radius 3 is 2.57 bits per heavy atom. The zero-order valence-corrected chi connectivity index (χ0v) is 12.9. The summed E-state index contributed by atoms with van der Waals surface area (Å²) in [5.41, 5.74) is 14.7. The minimum absolute atomic E-state index is 0.287. The molecule has 0 aliphatic heterocycles. The van der Waals surface area contributed by atoms with Gasteiger partial charge in [0, 0.05) is 29.2 Å². The summed E-state index contributed by atoms with van der Waals surface area (Å²) in [6.07, 6.45) is 3.34. The van der Waals surface area contributed by atoms with Gasteiger partial charge in [0.05, 0.1) is 10.7 Å². The van der Waals surface area contributed by atoms with Gasteiger partial charge in [0.25, 0.3) is 0 Å². The highest BCUT2D eigenvalue weighted by atomic mass is 35.5. The number of anilines is 1. The molecule has 0 fully saturated rings. The predicted octanol–water partition coefficient (Wildman–Crippen LogP) is 3.42. The molecular weight excluding hydrogens is 310 g/mol. The monoisotopic (exact) mass is 323 g/mol. The van der Waals surface area contributed by atoms with E-state index in [2.05, 4.69) is 15.0 Å². The number of amidine groups is 1. The highest BCUT2D eigenvalue weighted by molar-refractivity contribution is 6.33. The van der Waals surface area contributed by atoms with Gasteiger partial charge in [-0.1, -0.05) is 23.7 Å². The van der Waals surface area contributed by atoms with Crippen molar-refractivity contribution in [2.24, 2.45) is 10.7 Å². The molecule has 0 spiro atoms. The maximum Gasteiger partial charge on any atom is 0.154 e. The molecule has 6 heteroatoms. The van der Waals surface area contributed by atoms with E-state index in [4.69, 9.17) is 23.1 Å². The highest BCUT2D eigenvalue weighted by Gasteiger charge is 2.10. The number of nitrogens with zero attached hydrogens (tertiary/aromatic N) is 3. The Morgan fingerprint density at radius 2 is 1.83 bits per heavy atom. The van der Waals surface area contributed by atoms with Crippen LogP contribution in [0.4, 0.5) is 11.5 Å². The molecule has 1 aromatic carbocycles. The molecule has 0 unspecified atom stereocenters. The fraction of sp³-hybridized carbons (Fsp3) is 0. The molecule has 0 amide bonds. The number of hydrogen-bond acceptors (Lipinski definition) is 4. The van der Waals surface area contributed by atoms with Crippen LogP contribution in [-0.4, -0.2) is 15.8 Å². The van der Waals surface area contributed by atoms with E-state index in [1.807, 2.05) is 24.3 Å². The predicted molar refractivity (Wildman–Crippen MR) is 93.7 cm³/mol. The molecule has 0 atom stereocenters. The van der Waals surface area contributed by atoms with E-state index in [-0.39, 0.29) is 5.84 Å². The standard InChI is InChI=1S/C17H14ClN5/c18-13-4-3-9-22-16(13)11-6-7-14(19)12(10-11)17(20)23-15-5-1-2-8-21-15/h1-10H,19H2,(H2,20,21,23). The first-order chi connectivity index (χ1) is 11.1. The molecule has 3 rings (SSSR count). The van der Waals surface area contributed by atoms with Crippen LogP contribution in [0, 0.1) is 0 Å². The van der Waals surface area contributed by atoms with Crippen molar-refractivity contribution in [3.63, 3.8) is 0 Å². The smallest absolute Gasteiger partial charge is 0.154 e. The van der Waals surface area contributed by atoms with Crippen LogP contribution in [0.25, 0.3) is 11.3 Å². The number of aromatic nitrogens is 2. The van der Waals surface area contributed by atoms with Crippen molar-refractivity contribution < 1.29 is 0 Å². The maximum absolute atomic E-state index is 6.20. The second kappa shape index (κ2) is 6.46. The number of aliphatic imine (C=N–C) groups is 1. The first kappa shape index (κ1) is 15.0. The molecule has 3 aromatic rings. The SMILES string of the molecule is N/C(=N\c1ccccn1)c1cc(-c2ncccc2Cl)ccc1N. The average molecular weight is 324 g/mol. The quantitative estimate of drug-likeness (QED) is 0.439. The van der Waals surface area contributed by atoms with Crippen LogP contribution in [0.3, 0.4) is 0 Å². The van der Waals surface area contributed by atoms with Crippen molar-refractivity contribution in [3.05, 3.63) is 71.5 Å². The largest absolute Gasteiger partial charge is 0.398 e. The Bertz CT molecular complexity index is 862. The van der Waals surface area contributed by atoms with Gasteiger partial charge < -0.3 is 11.5 Å². The van der Waals surface area contributed by atoms with Crippen LogP contribution in [0.15, 0.2) is 65.9 Å². The fourth-order valence-corrected chi connectivity index (χ4v) is 2.36. The summed E-state index contributed by atoms with van der Waals surface area (Å²) in [5, 5.41) is 0.559. The van der Waals surface area contributed by atoms with Crippen LogP contribution in [-0.2, 0) is 0 Å². The Labute approximate surface area is 138 Å². The van der Waals surface area contributed by atoms with Gasteiger partial charge in [0.2, 0.25) is 0 Å². The molecule has 0 radical (unpaired) electrons. The van der Waals surface area contributed by atoms with Crippen LogP contribution in [0.2, 0.25) is 5.02 Å². The molecule has 114 valence electrons. The van der Waals surface area contributed by atoms with Gasteiger partial charge in [-0.15, -0.1) is 0 Å². The van der Waals surface area contributed by atoms with E-state index in [9.17, 15) is 0 Å². The number of halogens is 1. The highest BCUT2D eigenvalue weighted by Crippen LogP contribution is 2.28. The third-order valence-corrected chi connectivity index (χ3v) is 3.55. The van der Waals surface area contributed by atoms with E-state index in [1.54, 1.807) is 36.7 Å². The lowest BCUT2D eigenvalue weighted by molar-refractivity contribution is 1.26. The molecule has 0 saturated carbocycles. The third-order valence-electron chi connectivity index (χ3n) is 3.25. The number of nitrogens with two attached hydrogens (primary N) is 2. The molecule has 2 aromatic heterocycles. The second-order valence-corrected chi connectivity index (χ2v) is 5.23. The van der Waals surface area contributed by atoms with E-state index in [0.29, 0.717) is 27.8 Å². The van der Waals surface area contributed by atoms with E-state index < -0.39 is 0 Å².